The molecule has 5 heteroatoms. The van der Waals surface area contributed by atoms with Crippen LogP contribution in [0.4, 0.5) is 0 Å². The third-order valence-corrected chi connectivity index (χ3v) is 4.86. The Kier molecular flexibility index (Phi) is 4.74. The molecule has 0 amide bonds. The van der Waals surface area contributed by atoms with Crippen molar-refractivity contribution in [2.75, 3.05) is 19.7 Å². The van der Waals surface area contributed by atoms with Crippen LogP contribution in [0.25, 0.3) is 6.08 Å². The number of aliphatic hydroxyl groups is 1. The zero-order chi connectivity index (χ0) is 13.7. The third kappa shape index (κ3) is 3.89. The van der Waals surface area contributed by atoms with E-state index in [1.165, 1.54) is 9.71 Å². The Morgan fingerprint density at radius 3 is 2.74 bits per heavy atom. The van der Waals surface area contributed by atoms with Gasteiger partial charge < -0.3 is 5.11 Å². The lowest BCUT2D eigenvalue weighted by molar-refractivity contribution is 0.166. The van der Waals surface area contributed by atoms with Crippen LogP contribution < -0.4 is 0 Å². The van der Waals surface area contributed by atoms with E-state index >= 15 is 0 Å². The van der Waals surface area contributed by atoms with Gasteiger partial charge in [0.2, 0.25) is 10.0 Å². The van der Waals surface area contributed by atoms with Crippen LogP contribution in [0.2, 0.25) is 0 Å². The summed E-state index contributed by atoms with van der Waals surface area (Å²) < 4.78 is 25.8. The van der Waals surface area contributed by atoms with Gasteiger partial charge in [-0.3, -0.25) is 0 Å². The number of piperidine rings is 1. The summed E-state index contributed by atoms with van der Waals surface area (Å²) >= 11 is 0. The molecule has 1 N–H and O–H groups in total. The average molecular weight is 281 g/mol. The standard InChI is InChI=1S/C14H19NO3S/c16-12-14-7-4-9-15(11-14)19(17,18)10-8-13-5-2-1-3-6-13/h1-3,5-6,8,10,14,16H,4,7,9,11-12H2/b10-8+. The molecule has 4 nitrogen and oxygen atoms in total. The van der Waals surface area contributed by atoms with Gasteiger partial charge in [0.1, 0.15) is 0 Å². The number of rotatable bonds is 4. The molecule has 0 bridgehead atoms. The Morgan fingerprint density at radius 1 is 1.32 bits per heavy atom. The van der Waals surface area contributed by atoms with Crippen LogP contribution >= 0.6 is 0 Å². The molecule has 1 aromatic rings. The number of hydrogen-bond donors (Lipinski definition) is 1. The zero-order valence-corrected chi connectivity index (χ0v) is 11.6. The van der Waals surface area contributed by atoms with E-state index in [0.717, 1.165) is 18.4 Å². The Labute approximate surface area is 114 Å². The average Bonchev–Trinajstić information content (AvgIpc) is 2.46. The Bertz CT molecular complexity index is 525. The van der Waals surface area contributed by atoms with Crippen molar-refractivity contribution in [1.82, 2.24) is 4.31 Å². The first-order valence-corrected chi connectivity index (χ1v) is 7.96. The van der Waals surface area contributed by atoms with E-state index < -0.39 is 10.0 Å². The van der Waals surface area contributed by atoms with Crippen LogP contribution in [0.3, 0.4) is 0 Å². The molecule has 1 fully saturated rings. The summed E-state index contributed by atoms with van der Waals surface area (Å²) in [5.41, 5.74) is 0.863. The molecular weight excluding hydrogens is 262 g/mol. The number of benzene rings is 1. The van der Waals surface area contributed by atoms with Crippen LogP contribution in [-0.4, -0.2) is 37.5 Å². The van der Waals surface area contributed by atoms with Gasteiger partial charge in [-0.15, -0.1) is 0 Å². The molecule has 0 aliphatic carbocycles. The van der Waals surface area contributed by atoms with Gasteiger partial charge in [-0.05, 0) is 30.4 Å². The number of sulfonamides is 1. The Hall–Kier alpha value is -1.17. The maximum atomic E-state index is 12.2. The van der Waals surface area contributed by atoms with Gasteiger partial charge in [-0.25, -0.2) is 8.42 Å². The second-order valence-electron chi connectivity index (χ2n) is 4.81. The smallest absolute Gasteiger partial charge is 0.236 e. The first-order valence-electron chi connectivity index (χ1n) is 6.46. The second kappa shape index (κ2) is 6.32. The molecule has 1 unspecified atom stereocenters. The summed E-state index contributed by atoms with van der Waals surface area (Å²) in [7, 11) is -3.38. The molecule has 104 valence electrons. The van der Waals surface area contributed by atoms with E-state index in [9.17, 15) is 8.42 Å². The normalized spacial score (nSPS) is 21.8. The zero-order valence-electron chi connectivity index (χ0n) is 10.8. The highest BCUT2D eigenvalue weighted by atomic mass is 32.2. The Balaban J connectivity index is 2.08. The maximum absolute atomic E-state index is 12.2. The molecule has 1 saturated heterocycles. The molecule has 1 atom stereocenters. The van der Waals surface area contributed by atoms with Gasteiger partial charge in [-0.2, -0.15) is 4.31 Å². The van der Waals surface area contributed by atoms with Crippen molar-refractivity contribution < 1.29 is 13.5 Å². The van der Waals surface area contributed by atoms with Crippen LogP contribution in [0.15, 0.2) is 35.7 Å². The van der Waals surface area contributed by atoms with Crippen molar-refractivity contribution in [3.8, 4) is 0 Å². The first-order chi connectivity index (χ1) is 9.12. The lowest BCUT2D eigenvalue weighted by Gasteiger charge is -2.29. The van der Waals surface area contributed by atoms with Gasteiger partial charge in [0.15, 0.2) is 0 Å². The van der Waals surface area contributed by atoms with E-state index in [4.69, 9.17) is 5.11 Å². The predicted molar refractivity (Wildman–Crippen MR) is 75.8 cm³/mol. The van der Waals surface area contributed by atoms with E-state index in [1.807, 2.05) is 30.3 Å². The van der Waals surface area contributed by atoms with Crippen molar-refractivity contribution in [2.24, 2.45) is 5.92 Å². The molecule has 1 heterocycles. The third-order valence-electron chi connectivity index (χ3n) is 3.33. The van der Waals surface area contributed by atoms with Crippen LogP contribution in [-0.2, 0) is 10.0 Å². The van der Waals surface area contributed by atoms with Crippen LogP contribution in [0, 0.1) is 5.92 Å². The van der Waals surface area contributed by atoms with Crippen LogP contribution in [0.5, 0.6) is 0 Å². The monoisotopic (exact) mass is 281 g/mol. The molecule has 0 spiro atoms. The molecule has 19 heavy (non-hydrogen) atoms. The fourth-order valence-electron chi connectivity index (χ4n) is 2.22. The summed E-state index contributed by atoms with van der Waals surface area (Å²) in [5.74, 6) is 0.0636. The SMILES string of the molecule is O=S(=O)(/C=C/c1ccccc1)N1CCCC(CO)C1. The summed E-state index contributed by atoms with van der Waals surface area (Å²) in [4.78, 5) is 0. The molecule has 0 saturated carbocycles. The molecular formula is C14H19NO3S. The number of nitrogens with zero attached hydrogens (tertiary/aromatic N) is 1. The molecule has 0 aromatic heterocycles. The number of aliphatic hydroxyl groups excluding tert-OH is 1. The summed E-state index contributed by atoms with van der Waals surface area (Å²) in [5, 5.41) is 10.4. The number of hydrogen-bond acceptors (Lipinski definition) is 3. The minimum absolute atomic E-state index is 0.0500. The summed E-state index contributed by atoms with van der Waals surface area (Å²) in [6, 6.07) is 9.35. The second-order valence-corrected chi connectivity index (χ2v) is 6.63. The van der Waals surface area contributed by atoms with Crippen LogP contribution in [0.1, 0.15) is 18.4 Å². The lowest BCUT2D eigenvalue weighted by atomic mass is 10.0. The maximum Gasteiger partial charge on any atom is 0.236 e. The summed E-state index contributed by atoms with van der Waals surface area (Å²) in [6.07, 6.45) is 3.31. The fourth-order valence-corrected chi connectivity index (χ4v) is 3.53. The topological polar surface area (TPSA) is 57.6 Å². The van der Waals surface area contributed by atoms with Gasteiger partial charge in [-0.1, -0.05) is 30.3 Å². The quantitative estimate of drug-likeness (QED) is 0.913. The largest absolute Gasteiger partial charge is 0.396 e. The van der Waals surface area contributed by atoms with Gasteiger partial charge in [0.25, 0.3) is 0 Å². The highest BCUT2D eigenvalue weighted by Crippen LogP contribution is 2.19. The first kappa shape index (κ1) is 14.2. The van der Waals surface area contributed by atoms with Gasteiger partial charge in [0.05, 0.1) is 0 Å². The van der Waals surface area contributed by atoms with E-state index in [-0.39, 0.29) is 12.5 Å². The minimum Gasteiger partial charge on any atom is -0.396 e. The highest BCUT2D eigenvalue weighted by Gasteiger charge is 2.26. The minimum atomic E-state index is -3.38. The predicted octanol–water partition coefficient (Wildman–Crippen LogP) is 1.69. The van der Waals surface area contributed by atoms with Crippen molar-refractivity contribution in [2.45, 2.75) is 12.8 Å². The van der Waals surface area contributed by atoms with Crippen molar-refractivity contribution in [3.05, 3.63) is 41.3 Å². The van der Waals surface area contributed by atoms with Crippen molar-refractivity contribution in [1.29, 1.82) is 0 Å². The van der Waals surface area contributed by atoms with Crippen molar-refractivity contribution >= 4 is 16.1 Å². The van der Waals surface area contributed by atoms with Crippen molar-refractivity contribution in [3.63, 3.8) is 0 Å². The molecule has 2 rings (SSSR count). The molecule has 1 aliphatic heterocycles. The van der Waals surface area contributed by atoms with E-state index in [1.54, 1.807) is 6.08 Å². The van der Waals surface area contributed by atoms with E-state index in [2.05, 4.69) is 0 Å². The fraction of sp³-hybridized carbons (Fsp3) is 0.429. The van der Waals surface area contributed by atoms with E-state index in [0.29, 0.717) is 13.1 Å². The Morgan fingerprint density at radius 2 is 2.05 bits per heavy atom. The molecule has 1 aliphatic rings. The van der Waals surface area contributed by atoms with Gasteiger partial charge in [0, 0.05) is 25.1 Å². The molecule has 1 aromatic carbocycles. The highest BCUT2D eigenvalue weighted by molar-refractivity contribution is 7.92. The lowest BCUT2D eigenvalue weighted by Crippen LogP contribution is -2.39. The van der Waals surface area contributed by atoms with Gasteiger partial charge >= 0.3 is 0 Å². The molecule has 0 radical (unpaired) electrons. The summed E-state index contributed by atoms with van der Waals surface area (Å²) in [6.45, 7) is 1.00.